The van der Waals surface area contributed by atoms with Gasteiger partial charge in [0.2, 0.25) is 0 Å². The normalized spacial score (nSPS) is 9.61. The number of benzene rings is 2. The number of halogens is 1. The van der Waals surface area contributed by atoms with Crippen molar-refractivity contribution in [3.05, 3.63) is 48.0 Å². The number of nitrogens with zero attached hydrogens (tertiary/aromatic N) is 1. The summed E-state index contributed by atoms with van der Waals surface area (Å²) in [5.74, 6) is -0.519. The molecule has 0 unspecified atom stereocenters. The van der Waals surface area contributed by atoms with Crippen molar-refractivity contribution in [3.8, 4) is 0 Å². The van der Waals surface area contributed by atoms with Crippen LogP contribution in [0.2, 0.25) is 0 Å². The Kier molecular flexibility index (Phi) is 4.28. The first-order chi connectivity index (χ1) is 8.11. The third kappa shape index (κ3) is 2.43. The SMILES string of the molecule is CN(C(=O)O)C(=O)c1cccc2ccccc12.Cl. The molecule has 0 aliphatic heterocycles. The van der Waals surface area contributed by atoms with E-state index in [1.54, 1.807) is 18.2 Å². The van der Waals surface area contributed by atoms with Crippen LogP contribution in [-0.2, 0) is 0 Å². The van der Waals surface area contributed by atoms with Gasteiger partial charge in [0.25, 0.3) is 5.91 Å². The summed E-state index contributed by atoms with van der Waals surface area (Å²) >= 11 is 0. The molecule has 2 rings (SSSR count). The smallest absolute Gasteiger partial charge is 0.414 e. The van der Waals surface area contributed by atoms with Gasteiger partial charge >= 0.3 is 6.09 Å². The van der Waals surface area contributed by atoms with Crippen molar-refractivity contribution in [1.29, 1.82) is 0 Å². The number of imide groups is 1. The van der Waals surface area contributed by atoms with Crippen LogP contribution < -0.4 is 0 Å². The Labute approximate surface area is 110 Å². The van der Waals surface area contributed by atoms with Gasteiger partial charge in [-0.15, -0.1) is 12.4 Å². The number of rotatable bonds is 1. The van der Waals surface area contributed by atoms with Crippen LogP contribution in [0, 0.1) is 0 Å². The second-order valence-corrected chi connectivity index (χ2v) is 3.67. The summed E-state index contributed by atoms with van der Waals surface area (Å²) in [4.78, 5) is 23.4. The molecule has 5 heteroatoms. The summed E-state index contributed by atoms with van der Waals surface area (Å²) in [6, 6.07) is 12.6. The predicted molar refractivity (Wildman–Crippen MR) is 71.3 cm³/mol. The minimum absolute atomic E-state index is 0. The fourth-order valence-electron chi connectivity index (χ4n) is 1.68. The molecule has 2 aromatic rings. The van der Waals surface area contributed by atoms with E-state index >= 15 is 0 Å². The maximum absolute atomic E-state index is 11.9. The minimum atomic E-state index is -1.26. The third-order valence-electron chi connectivity index (χ3n) is 2.61. The summed E-state index contributed by atoms with van der Waals surface area (Å²) in [5.41, 5.74) is 0.396. The molecule has 2 aromatic carbocycles. The number of carbonyl (C=O) groups excluding carboxylic acids is 1. The lowest BCUT2D eigenvalue weighted by Crippen LogP contribution is -2.31. The summed E-state index contributed by atoms with van der Waals surface area (Å²) in [6.07, 6.45) is -1.26. The Morgan fingerprint density at radius 3 is 2.33 bits per heavy atom. The Bertz CT molecular complexity index is 592. The van der Waals surface area contributed by atoms with E-state index in [-0.39, 0.29) is 12.4 Å². The zero-order chi connectivity index (χ0) is 12.4. The Morgan fingerprint density at radius 2 is 1.67 bits per heavy atom. The maximum Gasteiger partial charge on any atom is 0.414 e. The lowest BCUT2D eigenvalue weighted by Gasteiger charge is -2.12. The van der Waals surface area contributed by atoms with Crippen molar-refractivity contribution in [2.45, 2.75) is 0 Å². The van der Waals surface area contributed by atoms with Crippen molar-refractivity contribution in [3.63, 3.8) is 0 Å². The van der Waals surface area contributed by atoms with Gasteiger partial charge in [0.05, 0.1) is 0 Å². The van der Waals surface area contributed by atoms with Crippen molar-refractivity contribution in [1.82, 2.24) is 4.90 Å². The van der Waals surface area contributed by atoms with E-state index in [4.69, 9.17) is 5.11 Å². The Morgan fingerprint density at radius 1 is 1.06 bits per heavy atom. The molecule has 0 heterocycles. The van der Waals surface area contributed by atoms with Crippen LogP contribution in [-0.4, -0.2) is 29.1 Å². The molecule has 1 N–H and O–H groups in total. The largest absolute Gasteiger partial charge is 0.465 e. The number of hydrogen-bond donors (Lipinski definition) is 1. The van der Waals surface area contributed by atoms with Crippen LogP contribution in [0.25, 0.3) is 10.8 Å². The topological polar surface area (TPSA) is 57.6 Å². The molecule has 0 saturated carbocycles. The Hall–Kier alpha value is -2.07. The van der Waals surface area contributed by atoms with E-state index in [0.29, 0.717) is 10.5 Å². The van der Waals surface area contributed by atoms with Gasteiger partial charge in [-0.25, -0.2) is 9.69 Å². The van der Waals surface area contributed by atoms with Crippen LogP contribution in [0.4, 0.5) is 4.79 Å². The minimum Gasteiger partial charge on any atom is -0.465 e. The highest BCUT2D eigenvalue weighted by Gasteiger charge is 2.18. The molecule has 0 bridgehead atoms. The fraction of sp³-hybridized carbons (Fsp3) is 0.0769. The molecular formula is C13H12ClNO3. The van der Waals surface area contributed by atoms with Gasteiger partial charge in [0.15, 0.2) is 0 Å². The van der Waals surface area contributed by atoms with E-state index in [1.165, 1.54) is 7.05 Å². The molecule has 0 saturated heterocycles. The van der Waals surface area contributed by atoms with Crippen molar-refractivity contribution in [2.75, 3.05) is 7.05 Å². The molecule has 4 nitrogen and oxygen atoms in total. The summed E-state index contributed by atoms with van der Waals surface area (Å²) in [6.45, 7) is 0. The maximum atomic E-state index is 11.9. The molecule has 2 amide bonds. The predicted octanol–water partition coefficient (Wildman–Crippen LogP) is 3.01. The van der Waals surface area contributed by atoms with Crippen LogP contribution in [0.3, 0.4) is 0 Å². The van der Waals surface area contributed by atoms with Crippen LogP contribution in [0.1, 0.15) is 10.4 Å². The lowest BCUT2D eigenvalue weighted by atomic mass is 10.0. The first-order valence-corrected chi connectivity index (χ1v) is 5.10. The van der Waals surface area contributed by atoms with E-state index in [9.17, 15) is 9.59 Å². The van der Waals surface area contributed by atoms with E-state index < -0.39 is 12.0 Å². The number of hydrogen-bond acceptors (Lipinski definition) is 2. The highest BCUT2D eigenvalue weighted by molar-refractivity contribution is 6.10. The molecule has 18 heavy (non-hydrogen) atoms. The summed E-state index contributed by atoms with van der Waals surface area (Å²) < 4.78 is 0. The molecule has 0 fully saturated rings. The van der Waals surface area contributed by atoms with Gasteiger partial charge in [0, 0.05) is 12.6 Å². The van der Waals surface area contributed by atoms with Crippen molar-refractivity contribution < 1.29 is 14.7 Å². The van der Waals surface area contributed by atoms with Gasteiger partial charge < -0.3 is 5.11 Å². The number of amides is 2. The van der Waals surface area contributed by atoms with Gasteiger partial charge in [-0.3, -0.25) is 4.79 Å². The monoisotopic (exact) mass is 265 g/mol. The first kappa shape index (κ1) is 14.0. The first-order valence-electron chi connectivity index (χ1n) is 5.10. The zero-order valence-corrected chi connectivity index (χ0v) is 10.5. The fourth-order valence-corrected chi connectivity index (χ4v) is 1.68. The van der Waals surface area contributed by atoms with Crippen LogP contribution in [0.15, 0.2) is 42.5 Å². The van der Waals surface area contributed by atoms with Crippen molar-refractivity contribution in [2.24, 2.45) is 0 Å². The lowest BCUT2D eigenvalue weighted by molar-refractivity contribution is 0.0783. The van der Waals surface area contributed by atoms with E-state index in [2.05, 4.69) is 0 Å². The molecule has 94 valence electrons. The molecule has 0 aliphatic carbocycles. The zero-order valence-electron chi connectivity index (χ0n) is 9.66. The number of carboxylic acid groups (broad SMARTS) is 1. The van der Waals surface area contributed by atoms with Crippen molar-refractivity contribution >= 4 is 35.2 Å². The second kappa shape index (κ2) is 5.51. The quantitative estimate of drug-likeness (QED) is 0.862. The highest BCUT2D eigenvalue weighted by atomic mass is 35.5. The molecule has 0 spiro atoms. The standard InChI is InChI=1S/C13H11NO3.ClH/c1-14(13(16)17)12(15)11-8-4-6-9-5-2-3-7-10(9)11;/h2-8H,1H3,(H,16,17);1H. The summed E-state index contributed by atoms with van der Waals surface area (Å²) in [7, 11) is 1.24. The molecule has 0 atom stereocenters. The number of fused-ring (bicyclic) bond motifs is 1. The molecule has 0 aromatic heterocycles. The average Bonchev–Trinajstić information content (AvgIpc) is 2.36. The van der Waals surface area contributed by atoms with E-state index in [0.717, 1.165) is 10.8 Å². The summed E-state index contributed by atoms with van der Waals surface area (Å²) in [5, 5.41) is 10.5. The van der Waals surface area contributed by atoms with Crippen LogP contribution in [0.5, 0.6) is 0 Å². The number of carbonyl (C=O) groups is 2. The van der Waals surface area contributed by atoms with Gasteiger partial charge in [0.1, 0.15) is 0 Å². The van der Waals surface area contributed by atoms with E-state index in [1.807, 2.05) is 24.3 Å². The van der Waals surface area contributed by atoms with Gasteiger partial charge in [-0.1, -0.05) is 36.4 Å². The van der Waals surface area contributed by atoms with Gasteiger partial charge in [-0.05, 0) is 16.8 Å². The molecule has 0 radical (unpaired) electrons. The molecular weight excluding hydrogens is 254 g/mol. The Balaban J connectivity index is 0.00000162. The van der Waals surface area contributed by atoms with Crippen LogP contribution >= 0.6 is 12.4 Å². The third-order valence-corrected chi connectivity index (χ3v) is 2.61. The highest BCUT2D eigenvalue weighted by Crippen LogP contribution is 2.19. The average molecular weight is 266 g/mol. The molecule has 0 aliphatic rings. The van der Waals surface area contributed by atoms with Gasteiger partial charge in [-0.2, -0.15) is 0 Å². The second-order valence-electron chi connectivity index (χ2n) is 3.67.